The van der Waals surface area contributed by atoms with E-state index in [9.17, 15) is 4.79 Å². The smallest absolute Gasteiger partial charge is 0.256 e. The van der Waals surface area contributed by atoms with Gasteiger partial charge in [-0.25, -0.2) is 0 Å². The van der Waals surface area contributed by atoms with Gasteiger partial charge in [0.25, 0.3) is 5.91 Å². The summed E-state index contributed by atoms with van der Waals surface area (Å²) >= 11 is 0. The number of benzene rings is 2. The highest BCUT2D eigenvalue weighted by molar-refractivity contribution is 6.29. The summed E-state index contributed by atoms with van der Waals surface area (Å²) in [4.78, 5) is 17.7. The van der Waals surface area contributed by atoms with Gasteiger partial charge in [-0.3, -0.25) is 4.79 Å². The van der Waals surface area contributed by atoms with E-state index in [0.717, 1.165) is 37.4 Å². The van der Waals surface area contributed by atoms with Crippen LogP contribution in [0.5, 0.6) is 0 Å². The third-order valence-corrected chi connectivity index (χ3v) is 5.15. The minimum Gasteiger partial charge on any atom is -0.465 e. The monoisotopic (exact) mass is 387 g/mol. The Morgan fingerprint density at radius 1 is 0.931 bits per heavy atom. The molecule has 5 heteroatoms. The van der Waals surface area contributed by atoms with E-state index in [-0.39, 0.29) is 5.91 Å². The summed E-state index contributed by atoms with van der Waals surface area (Å²) in [5.41, 5.74) is 3.36. The molecule has 1 amide bonds. The molecule has 29 heavy (non-hydrogen) atoms. The van der Waals surface area contributed by atoms with Crippen molar-refractivity contribution in [1.29, 1.82) is 0 Å². The number of carbonyl (C=O) groups excluding carboxylic acids is 1. The number of piperazine rings is 1. The van der Waals surface area contributed by atoms with Crippen LogP contribution in [0.3, 0.4) is 0 Å². The maximum atomic E-state index is 13.0. The molecule has 1 aliphatic heterocycles. The zero-order valence-electron chi connectivity index (χ0n) is 16.5. The molecule has 2 heterocycles. The van der Waals surface area contributed by atoms with Gasteiger partial charge in [0.05, 0.1) is 11.8 Å². The Hall–Kier alpha value is -3.31. The Bertz CT molecular complexity index is 955. The number of amides is 1. The summed E-state index contributed by atoms with van der Waals surface area (Å²) in [7, 11) is 2.15. The largest absolute Gasteiger partial charge is 0.465 e. The van der Waals surface area contributed by atoms with Crippen molar-refractivity contribution < 1.29 is 9.21 Å². The highest BCUT2D eigenvalue weighted by Gasteiger charge is 2.16. The van der Waals surface area contributed by atoms with E-state index in [2.05, 4.69) is 34.3 Å². The number of anilines is 2. The molecule has 0 spiro atoms. The van der Waals surface area contributed by atoms with E-state index in [1.807, 2.05) is 54.6 Å². The number of hydrogen-bond donors (Lipinski definition) is 1. The molecular formula is C24H25N3O2. The highest BCUT2D eigenvalue weighted by Crippen LogP contribution is 2.23. The van der Waals surface area contributed by atoms with Gasteiger partial charge in [0.15, 0.2) is 0 Å². The van der Waals surface area contributed by atoms with Crippen LogP contribution in [0.15, 0.2) is 77.4 Å². The quantitative estimate of drug-likeness (QED) is 0.666. The van der Waals surface area contributed by atoms with Gasteiger partial charge in [0.2, 0.25) is 0 Å². The third-order valence-electron chi connectivity index (χ3n) is 5.15. The Labute approximate surface area is 171 Å². The van der Waals surface area contributed by atoms with Crippen LogP contribution in [0.2, 0.25) is 0 Å². The molecule has 0 unspecified atom stereocenters. The second-order valence-corrected chi connectivity index (χ2v) is 7.23. The number of nitrogens with zero attached hydrogens (tertiary/aromatic N) is 2. The molecule has 3 aromatic rings. The lowest BCUT2D eigenvalue weighted by Gasteiger charge is -2.34. The molecule has 1 aromatic heterocycles. The first-order valence-electron chi connectivity index (χ1n) is 9.84. The summed E-state index contributed by atoms with van der Waals surface area (Å²) in [5.74, 6) is 0.476. The molecule has 0 saturated carbocycles. The molecule has 1 N–H and O–H groups in total. The van der Waals surface area contributed by atoms with Gasteiger partial charge in [0, 0.05) is 37.6 Å². The van der Waals surface area contributed by atoms with Gasteiger partial charge in [0.1, 0.15) is 5.76 Å². The minimum absolute atomic E-state index is 0.167. The molecule has 0 bridgehead atoms. The third kappa shape index (κ3) is 4.76. The molecule has 1 saturated heterocycles. The summed E-state index contributed by atoms with van der Waals surface area (Å²) in [6.45, 7) is 4.17. The molecule has 0 aliphatic carbocycles. The summed E-state index contributed by atoms with van der Waals surface area (Å²) in [5, 5.41) is 3.01. The molecule has 4 rings (SSSR count). The van der Waals surface area contributed by atoms with E-state index < -0.39 is 0 Å². The van der Waals surface area contributed by atoms with E-state index in [4.69, 9.17) is 4.42 Å². The van der Waals surface area contributed by atoms with Crippen molar-refractivity contribution in [2.45, 2.75) is 0 Å². The topological polar surface area (TPSA) is 48.7 Å². The zero-order chi connectivity index (χ0) is 20.1. The van der Waals surface area contributed by atoms with Gasteiger partial charge in [-0.1, -0.05) is 30.3 Å². The number of carbonyl (C=O) groups is 1. The van der Waals surface area contributed by atoms with Gasteiger partial charge >= 0.3 is 0 Å². The van der Waals surface area contributed by atoms with Crippen LogP contribution in [0.4, 0.5) is 11.4 Å². The van der Waals surface area contributed by atoms with Gasteiger partial charge in [-0.2, -0.15) is 0 Å². The van der Waals surface area contributed by atoms with Gasteiger partial charge < -0.3 is 19.5 Å². The number of likely N-dealkylation sites (N-methyl/N-ethyl adjacent to an activating group) is 1. The Kier molecular flexibility index (Phi) is 5.77. The molecule has 0 radical (unpaired) electrons. The van der Waals surface area contributed by atoms with Crippen LogP contribution in [-0.2, 0) is 4.79 Å². The number of rotatable bonds is 5. The lowest BCUT2D eigenvalue weighted by atomic mass is 10.0. The van der Waals surface area contributed by atoms with Crippen LogP contribution in [0.1, 0.15) is 11.3 Å². The first kappa shape index (κ1) is 19.0. The van der Waals surface area contributed by atoms with Crippen molar-refractivity contribution in [3.05, 3.63) is 84.3 Å². The van der Waals surface area contributed by atoms with E-state index >= 15 is 0 Å². The van der Waals surface area contributed by atoms with Crippen molar-refractivity contribution in [3.63, 3.8) is 0 Å². The second-order valence-electron chi connectivity index (χ2n) is 7.23. The SMILES string of the molecule is CN1CCN(c2ccc(NC(=O)/C(=C/c3ccco3)c3ccccc3)cc2)CC1. The number of nitrogens with one attached hydrogen (secondary N) is 1. The Balaban J connectivity index is 1.50. The fraction of sp³-hybridized carbons (Fsp3) is 0.208. The summed E-state index contributed by atoms with van der Waals surface area (Å²) in [6, 6.07) is 21.3. The fourth-order valence-electron chi connectivity index (χ4n) is 3.43. The predicted octanol–water partition coefficient (Wildman–Crippen LogP) is 4.21. The van der Waals surface area contributed by atoms with Gasteiger partial charge in [-0.05, 0) is 55.1 Å². The van der Waals surface area contributed by atoms with Crippen LogP contribution >= 0.6 is 0 Å². The van der Waals surface area contributed by atoms with Gasteiger partial charge in [-0.15, -0.1) is 0 Å². The molecule has 1 fully saturated rings. The average Bonchev–Trinajstić information content (AvgIpc) is 3.27. The zero-order valence-corrected chi connectivity index (χ0v) is 16.5. The van der Waals surface area contributed by atoms with Crippen molar-refractivity contribution in [2.24, 2.45) is 0 Å². The second kappa shape index (κ2) is 8.80. The molecule has 0 atom stereocenters. The van der Waals surface area contributed by atoms with Crippen molar-refractivity contribution in [3.8, 4) is 0 Å². The van der Waals surface area contributed by atoms with Crippen molar-refractivity contribution in [2.75, 3.05) is 43.4 Å². The Morgan fingerprint density at radius 2 is 1.66 bits per heavy atom. The molecular weight excluding hydrogens is 362 g/mol. The lowest BCUT2D eigenvalue weighted by Crippen LogP contribution is -2.44. The van der Waals surface area contributed by atoms with Crippen LogP contribution < -0.4 is 10.2 Å². The highest BCUT2D eigenvalue weighted by atomic mass is 16.3. The maximum absolute atomic E-state index is 13.0. The molecule has 5 nitrogen and oxygen atoms in total. The predicted molar refractivity (Wildman–Crippen MR) is 118 cm³/mol. The average molecular weight is 387 g/mol. The van der Waals surface area contributed by atoms with E-state index in [1.165, 1.54) is 5.69 Å². The minimum atomic E-state index is -0.167. The molecule has 1 aliphatic rings. The first-order valence-corrected chi connectivity index (χ1v) is 9.84. The fourth-order valence-corrected chi connectivity index (χ4v) is 3.43. The molecule has 148 valence electrons. The number of hydrogen-bond acceptors (Lipinski definition) is 4. The molecule has 2 aromatic carbocycles. The van der Waals surface area contributed by atoms with Crippen molar-refractivity contribution in [1.82, 2.24) is 4.90 Å². The van der Waals surface area contributed by atoms with E-state index in [1.54, 1.807) is 12.3 Å². The van der Waals surface area contributed by atoms with Crippen LogP contribution in [0.25, 0.3) is 11.6 Å². The lowest BCUT2D eigenvalue weighted by molar-refractivity contribution is -0.111. The maximum Gasteiger partial charge on any atom is 0.256 e. The van der Waals surface area contributed by atoms with Crippen molar-refractivity contribution >= 4 is 28.9 Å². The normalized spacial score (nSPS) is 15.3. The number of furan rings is 1. The first-order chi connectivity index (χ1) is 14.2. The summed E-state index contributed by atoms with van der Waals surface area (Å²) < 4.78 is 5.41. The summed E-state index contributed by atoms with van der Waals surface area (Å²) in [6.07, 6.45) is 3.37. The van der Waals surface area contributed by atoms with E-state index in [0.29, 0.717) is 11.3 Å². The van der Waals surface area contributed by atoms with Crippen LogP contribution in [0, 0.1) is 0 Å². The van der Waals surface area contributed by atoms with Crippen LogP contribution in [-0.4, -0.2) is 44.0 Å². The standard InChI is InChI=1S/C24H25N3O2/c1-26-13-15-27(16-14-26)21-11-9-20(10-12-21)25-24(28)23(18-22-8-5-17-29-22)19-6-3-2-4-7-19/h2-12,17-18H,13-16H2,1H3,(H,25,28)/b23-18+. The Morgan fingerprint density at radius 3 is 2.31 bits per heavy atom.